The Morgan fingerprint density at radius 1 is 1.21 bits per heavy atom. The van der Waals surface area contributed by atoms with Crippen LogP contribution < -0.4 is 10.6 Å². The third-order valence-electron chi connectivity index (χ3n) is 2.89. The van der Waals surface area contributed by atoms with Crippen LogP contribution in [0.1, 0.15) is 24.8 Å². The van der Waals surface area contributed by atoms with Crippen molar-refractivity contribution in [1.29, 1.82) is 0 Å². The number of nitrogen functional groups attached to an aromatic ring is 1. The maximum atomic E-state index is 12.9. The highest BCUT2D eigenvalue weighted by atomic mass is 19.4. The Morgan fingerprint density at radius 2 is 1.89 bits per heavy atom. The maximum Gasteiger partial charge on any atom is 0.418 e. The Labute approximate surface area is 110 Å². The molecule has 108 valence electrons. The third kappa shape index (κ3) is 4.63. The molecule has 1 aromatic carbocycles. The Kier molecular flexibility index (Phi) is 5.47. The minimum absolute atomic E-state index is 0.102. The molecule has 0 spiro atoms. The van der Waals surface area contributed by atoms with Gasteiger partial charge in [0, 0.05) is 31.6 Å². The molecule has 0 aromatic heterocycles. The van der Waals surface area contributed by atoms with E-state index in [9.17, 15) is 13.2 Å². The summed E-state index contributed by atoms with van der Waals surface area (Å²) >= 11 is 0. The summed E-state index contributed by atoms with van der Waals surface area (Å²) in [5.41, 5.74) is 4.94. The van der Waals surface area contributed by atoms with Gasteiger partial charge in [0.25, 0.3) is 0 Å². The number of aliphatic hydroxyl groups excluding tert-OH is 1. The first-order chi connectivity index (χ1) is 8.86. The van der Waals surface area contributed by atoms with E-state index < -0.39 is 11.7 Å². The summed E-state index contributed by atoms with van der Waals surface area (Å²) in [5, 5.41) is 8.65. The Bertz CT molecular complexity index is 407. The highest BCUT2D eigenvalue weighted by Crippen LogP contribution is 2.37. The van der Waals surface area contributed by atoms with Gasteiger partial charge in [0.05, 0.1) is 5.56 Å². The fourth-order valence-corrected chi connectivity index (χ4v) is 1.87. The zero-order valence-electron chi connectivity index (χ0n) is 10.9. The molecule has 3 nitrogen and oxygen atoms in total. The van der Waals surface area contributed by atoms with Gasteiger partial charge in [-0.3, -0.25) is 0 Å². The van der Waals surface area contributed by atoms with Crippen LogP contribution in [0.3, 0.4) is 0 Å². The van der Waals surface area contributed by atoms with Gasteiger partial charge in [-0.25, -0.2) is 0 Å². The molecular formula is C13H19F3N2O. The maximum absolute atomic E-state index is 12.9. The molecule has 0 radical (unpaired) electrons. The molecule has 0 aliphatic carbocycles. The van der Waals surface area contributed by atoms with Crippen molar-refractivity contribution >= 4 is 11.4 Å². The summed E-state index contributed by atoms with van der Waals surface area (Å²) in [6.45, 7) is 0.617. The van der Waals surface area contributed by atoms with Gasteiger partial charge in [-0.2, -0.15) is 13.2 Å². The van der Waals surface area contributed by atoms with Crippen molar-refractivity contribution in [3.05, 3.63) is 23.8 Å². The lowest BCUT2D eigenvalue weighted by Crippen LogP contribution is -2.22. The van der Waals surface area contributed by atoms with Crippen molar-refractivity contribution in [3.8, 4) is 0 Å². The second-order valence-electron chi connectivity index (χ2n) is 4.48. The molecule has 0 fully saturated rings. The predicted octanol–water partition coefficient (Wildman–Crippen LogP) is 2.89. The Morgan fingerprint density at radius 3 is 2.47 bits per heavy atom. The van der Waals surface area contributed by atoms with Crippen molar-refractivity contribution in [3.63, 3.8) is 0 Å². The minimum atomic E-state index is -4.41. The van der Waals surface area contributed by atoms with E-state index in [1.807, 2.05) is 0 Å². The molecule has 1 rings (SSSR count). The number of halogens is 3. The lowest BCUT2D eigenvalue weighted by molar-refractivity contribution is -0.137. The van der Waals surface area contributed by atoms with E-state index in [2.05, 4.69) is 0 Å². The van der Waals surface area contributed by atoms with Crippen LogP contribution in [0.5, 0.6) is 0 Å². The van der Waals surface area contributed by atoms with Crippen LogP contribution in [0.15, 0.2) is 18.2 Å². The van der Waals surface area contributed by atoms with E-state index >= 15 is 0 Å². The van der Waals surface area contributed by atoms with Crippen molar-refractivity contribution in [2.75, 3.05) is 30.8 Å². The molecule has 3 N–H and O–H groups in total. The summed E-state index contributed by atoms with van der Waals surface area (Å²) in [5.74, 6) is 0. The van der Waals surface area contributed by atoms with Gasteiger partial charge in [-0.05, 0) is 37.5 Å². The molecule has 0 aliphatic heterocycles. The average molecular weight is 276 g/mol. The Balaban J connectivity index is 2.81. The van der Waals surface area contributed by atoms with Gasteiger partial charge in [0.2, 0.25) is 0 Å². The molecular weight excluding hydrogens is 257 g/mol. The average Bonchev–Trinajstić information content (AvgIpc) is 2.33. The zero-order chi connectivity index (χ0) is 14.5. The van der Waals surface area contributed by atoms with Gasteiger partial charge in [-0.15, -0.1) is 0 Å². The summed E-state index contributed by atoms with van der Waals surface area (Å²) in [6.07, 6.45) is -2.22. The lowest BCUT2D eigenvalue weighted by Gasteiger charge is -2.23. The Hall–Kier alpha value is -1.43. The van der Waals surface area contributed by atoms with Crippen LogP contribution in [-0.2, 0) is 6.18 Å². The molecule has 0 amide bonds. The normalized spacial score (nSPS) is 11.6. The number of nitrogens with two attached hydrogens (primary N) is 1. The van der Waals surface area contributed by atoms with Crippen molar-refractivity contribution < 1.29 is 18.3 Å². The number of unbranched alkanes of at least 4 members (excludes halogenated alkanes) is 2. The van der Waals surface area contributed by atoms with Gasteiger partial charge in [0.1, 0.15) is 0 Å². The van der Waals surface area contributed by atoms with E-state index in [-0.39, 0.29) is 18.0 Å². The molecule has 0 bridgehead atoms. The molecule has 6 heteroatoms. The van der Waals surface area contributed by atoms with Gasteiger partial charge in [-0.1, -0.05) is 0 Å². The van der Waals surface area contributed by atoms with Gasteiger partial charge < -0.3 is 15.7 Å². The van der Waals surface area contributed by atoms with Gasteiger partial charge in [0.15, 0.2) is 0 Å². The highest BCUT2D eigenvalue weighted by Gasteiger charge is 2.34. The number of anilines is 2. The smallest absolute Gasteiger partial charge is 0.399 e. The van der Waals surface area contributed by atoms with Crippen LogP contribution >= 0.6 is 0 Å². The largest absolute Gasteiger partial charge is 0.418 e. The van der Waals surface area contributed by atoms with Gasteiger partial charge >= 0.3 is 6.18 Å². The highest BCUT2D eigenvalue weighted by molar-refractivity contribution is 5.60. The first kappa shape index (κ1) is 15.6. The summed E-state index contributed by atoms with van der Waals surface area (Å²) < 4.78 is 38.7. The van der Waals surface area contributed by atoms with E-state index in [0.29, 0.717) is 13.0 Å². The number of hydrogen-bond acceptors (Lipinski definition) is 3. The predicted molar refractivity (Wildman–Crippen MR) is 70.1 cm³/mol. The summed E-state index contributed by atoms with van der Waals surface area (Å²) in [4.78, 5) is 1.57. The first-order valence-electron chi connectivity index (χ1n) is 6.15. The quantitative estimate of drug-likeness (QED) is 0.620. The second-order valence-corrected chi connectivity index (χ2v) is 4.48. The molecule has 1 aromatic rings. The summed E-state index contributed by atoms with van der Waals surface area (Å²) in [6, 6.07) is 3.82. The summed E-state index contributed by atoms with van der Waals surface area (Å²) in [7, 11) is 1.62. The molecule has 0 aliphatic rings. The van der Waals surface area contributed by atoms with Crippen LogP contribution in [0.2, 0.25) is 0 Å². The van der Waals surface area contributed by atoms with Crippen molar-refractivity contribution in [2.24, 2.45) is 0 Å². The zero-order valence-corrected chi connectivity index (χ0v) is 10.9. The van der Waals surface area contributed by atoms with Crippen LogP contribution in [0.4, 0.5) is 24.5 Å². The number of benzene rings is 1. The van der Waals surface area contributed by atoms with Crippen molar-refractivity contribution in [1.82, 2.24) is 0 Å². The van der Waals surface area contributed by atoms with E-state index in [4.69, 9.17) is 10.8 Å². The molecule has 0 saturated carbocycles. The fraction of sp³-hybridized carbons (Fsp3) is 0.538. The molecule has 19 heavy (non-hydrogen) atoms. The molecule has 0 atom stereocenters. The standard InChI is InChI=1S/C13H19F3N2O/c1-18(7-3-2-4-8-19)12-6-5-10(17)9-11(12)13(14,15)16/h5-6,9,19H,2-4,7-8,17H2,1H3. The number of aliphatic hydroxyl groups is 1. The van der Waals surface area contributed by atoms with E-state index in [0.717, 1.165) is 18.9 Å². The third-order valence-corrected chi connectivity index (χ3v) is 2.89. The number of alkyl halides is 3. The number of rotatable bonds is 6. The minimum Gasteiger partial charge on any atom is -0.399 e. The molecule has 0 unspecified atom stereocenters. The lowest BCUT2D eigenvalue weighted by atomic mass is 10.1. The second kappa shape index (κ2) is 6.65. The first-order valence-corrected chi connectivity index (χ1v) is 6.15. The molecule has 0 heterocycles. The topological polar surface area (TPSA) is 49.5 Å². The van der Waals surface area contributed by atoms with E-state index in [1.54, 1.807) is 11.9 Å². The fourth-order valence-electron chi connectivity index (χ4n) is 1.87. The SMILES string of the molecule is CN(CCCCCO)c1ccc(N)cc1C(F)(F)F. The number of nitrogens with zero attached hydrogens (tertiary/aromatic N) is 1. The monoisotopic (exact) mass is 276 g/mol. The van der Waals surface area contributed by atoms with Crippen LogP contribution in [-0.4, -0.2) is 25.3 Å². The van der Waals surface area contributed by atoms with Crippen LogP contribution in [0.25, 0.3) is 0 Å². The van der Waals surface area contributed by atoms with Crippen molar-refractivity contribution in [2.45, 2.75) is 25.4 Å². The van der Waals surface area contributed by atoms with E-state index in [1.165, 1.54) is 12.1 Å². The number of hydrogen-bond donors (Lipinski definition) is 2. The van der Waals surface area contributed by atoms with Crippen LogP contribution in [0, 0.1) is 0 Å². The molecule has 0 saturated heterocycles.